The predicted octanol–water partition coefficient (Wildman–Crippen LogP) is 1.33. The van der Waals surface area contributed by atoms with E-state index in [1.807, 2.05) is 0 Å². The standard InChI is InChI=1S/C9H8Cl2N4O/c1-14-5-12-15(9(14)16)4-7-6(10)2-3-8(11)13-7/h2-3,5H,4H2,1H3. The van der Waals surface area contributed by atoms with E-state index in [4.69, 9.17) is 23.2 Å². The highest BCUT2D eigenvalue weighted by molar-refractivity contribution is 6.32. The lowest BCUT2D eigenvalue weighted by Gasteiger charge is -2.02. The summed E-state index contributed by atoms with van der Waals surface area (Å²) in [5.74, 6) is 0. The van der Waals surface area contributed by atoms with E-state index < -0.39 is 0 Å². The van der Waals surface area contributed by atoms with E-state index in [1.165, 1.54) is 15.6 Å². The molecule has 7 heteroatoms. The largest absolute Gasteiger partial charge is 0.345 e. The van der Waals surface area contributed by atoms with Gasteiger partial charge in [-0.2, -0.15) is 5.10 Å². The highest BCUT2D eigenvalue weighted by Gasteiger charge is 2.07. The highest BCUT2D eigenvalue weighted by atomic mass is 35.5. The van der Waals surface area contributed by atoms with Crippen molar-refractivity contribution in [2.75, 3.05) is 0 Å². The van der Waals surface area contributed by atoms with Crippen LogP contribution in [0.1, 0.15) is 5.69 Å². The van der Waals surface area contributed by atoms with E-state index in [2.05, 4.69) is 10.1 Å². The average molecular weight is 259 g/mol. The summed E-state index contributed by atoms with van der Waals surface area (Å²) in [4.78, 5) is 15.6. The Morgan fingerprint density at radius 3 is 2.75 bits per heavy atom. The van der Waals surface area contributed by atoms with Gasteiger partial charge in [-0.1, -0.05) is 23.2 Å². The molecule has 0 N–H and O–H groups in total. The van der Waals surface area contributed by atoms with Crippen molar-refractivity contribution in [3.8, 4) is 0 Å². The molecule has 0 aliphatic rings. The van der Waals surface area contributed by atoms with Crippen LogP contribution >= 0.6 is 23.2 Å². The van der Waals surface area contributed by atoms with Crippen molar-refractivity contribution in [2.45, 2.75) is 6.54 Å². The molecule has 0 aliphatic heterocycles. The van der Waals surface area contributed by atoms with E-state index in [-0.39, 0.29) is 12.2 Å². The van der Waals surface area contributed by atoms with Crippen LogP contribution in [0, 0.1) is 0 Å². The van der Waals surface area contributed by atoms with E-state index in [9.17, 15) is 4.79 Å². The maximum atomic E-state index is 11.5. The molecule has 0 aromatic carbocycles. The molecule has 0 saturated carbocycles. The Labute approximate surface area is 101 Å². The van der Waals surface area contributed by atoms with Gasteiger partial charge in [0.15, 0.2) is 0 Å². The topological polar surface area (TPSA) is 52.7 Å². The first-order valence-corrected chi connectivity index (χ1v) is 5.23. The molecule has 2 heterocycles. The lowest BCUT2D eigenvalue weighted by atomic mass is 10.3. The summed E-state index contributed by atoms with van der Waals surface area (Å²) in [6.07, 6.45) is 1.43. The van der Waals surface area contributed by atoms with Gasteiger partial charge >= 0.3 is 5.69 Å². The Hall–Kier alpha value is -1.33. The Bertz CT molecular complexity index is 575. The Morgan fingerprint density at radius 2 is 2.12 bits per heavy atom. The summed E-state index contributed by atoms with van der Waals surface area (Å²) >= 11 is 11.7. The second-order valence-corrected chi connectivity index (χ2v) is 4.04. The van der Waals surface area contributed by atoms with Crippen molar-refractivity contribution in [1.29, 1.82) is 0 Å². The number of aryl methyl sites for hydroxylation is 1. The van der Waals surface area contributed by atoms with Gasteiger partial charge in [0.25, 0.3) is 0 Å². The van der Waals surface area contributed by atoms with Gasteiger partial charge in [-0.05, 0) is 12.1 Å². The number of hydrogen-bond donors (Lipinski definition) is 0. The minimum Gasteiger partial charge on any atom is -0.285 e. The Morgan fingerprint density at radius 1 is 1.38 bits per heavy atom. The van der Waals surface area contributed by atoms with Crippen LogP contribution in [0.4, 0.5) is 0 Å². The first-order valence-electron chi connectivity index (χ1n) is 4.47. The van der Waals surface area contributed by atoms with Crippen LogP contribution in [-0.2, 0) is 13.6 Å². The molecule has 5 nitrogen and oxygen atoms in total. The fraction of sp³-hybridized carbons (Fsp3) is 0.222. The third kappa shape index (κ3) is 2.10. The molecule has 0 saturated heterocycles. The third-order valence-corrected chi connectivity index (χ3v) is 2.63. The first kappa shape index (κ1) is 11.2. The van der Waals surface area contributed by atoms with Crippen molar-refractivity contribution in [3.05, 3.63) is 44.8 Å². The zero-order valence-electron chi connectivity index (χ0n) is 8.39. The molecule has 2 rings (SSSR count). The van der Waals surface area contributed by atoms with Crippen LogP contribution in [-0.4, -0.2) is 19.3 Å². The molecule has 0 unspecified atom stereocenters. The molecule has 0 radical (unpaired) electrons. The fourth-order valence-corrected chi connectivity index (χ4v) is 1.57. The van der Waals surface area contributed by atoms with Crippen molar-refractivity contribution in [2.24, 2.45) is 7.05 Å². The molecule has 84 valence electrons. The van der Waals surface area contributed by atoms with Crippen molar-refractivity contribution in [3.63, 3.8) is 0 Å². The minimum atomic E-state index is -0.224. The van der Waals surface area contributed by atoms with Gasteiger partial charge < -0.3 is 0 Å². The zero-order valence-corrected chi connectivity index (χ0v) is 9.90. The smallest absolute Gasteiger partial charge is 0.285 e. The lowest BCUT2D eigenvalue weighted by molar-refractivity contribution is 0.635. The van der Waals surface area contributed by atoms with Crippen molar-refractivity contribution in [1.82, 2.24) is 19.3 Å². The predicted molar refractivity (Wildman–Crippen MR) is 60.8 cm³/mol. The number of nitrogens with zero attached hydrogens (tertiary/aromatic N) is 4. The molecular weight excluding hydrogens is 251 g/mol. The summed E-state index contributed by atoms with van der Waals surface area (Å²) in [6.45, 7) is 0.207. The molecule has 2 aromatic rings. The van der Waals surface area contributed by atoms with Crippen LogP contribution in [0.3, 0.4) is 0 Å². The quantitative estimate of drug-likeness (QED) is 0.764. The summed E-state index contributed by atoms with van der Waals surface area (Å²) < 4.78 is 2.64. The molecule has 2 aromatic heterocycles. The van der Waals surface area contributed by atoms with Crippen LogP contribution in [0.15, 0.2) is 23.3 Å². The molecule has 0 amide bonds. The zero-order chi connectivity index (χ0) is 11.7. The molecule has 0 spiro atoms. The van der Waals surface area contributed by atoms with Gasteiger partial charge in [0.05, 0.1) is 17.3 Å². The van der Waals surface area contributed by atoms with Crippen molar-refractivity contribution < 1.29 is 0 Å². The van der Waals surface area contributed by atoms with Gasteiger partial charge in [0, 0.05) is 7.05 Å². The summed E-state index contributed by atoms with van der Waals surface area (Å²) in [6, 6.07) is 3.23. The molecule has 16 heavy (non-hydrogen) atoms. The van der Waals surface area contributed by atoms with Gasteiger partial charge in [-0.25, -0.2) is 14.5 Å². The lowest BCUT2D eigenvalue weighted by Crippen LogP contribution is -2.23. The average Bonchev–Trinajstić information content (AvgIpc) is 2.55. The van der Waals surface area contributed by atoms with E-state index >= 15 is 0 Å². The second kappa shape index (κ2) is 4.27. The van der Waals surface area contributed by atoms with Gasteiger partial charge in [0.1, 0.15) is 11.5 Å². The van der Waals surface area contributed by atoms with Crippen LogP contribution in [0.2, 0.25) is 10.2 Å². The van der Waals surface area contributed by atoms with E-state index in [0.29, 0.717) is 15.9 Å². The monoisotopic (exact) mass is 258 g/mol. The van der Waals surface area contributed by atoms with Gasteiger partial charge in [0.2, 0.25) is 0 Å². The number of rotatable bonds is 2. The van der Waals surface area contributed by atoms with Crippen LogP contribution in [0.5, 0.6) is 0 Å². The Balaban J connectivity index is 2.37. The molecule has 0 aliphatic carbocycles. The fourth-order valence-electron chi connectivity index (χ4n) is 1.24. The van der Waals surface area contributed by atoms with Crippen LogP contribution < -0.4 is 5.69 Å². The molecule has 0 atom stereocenters. The number of hydrogen-bond acceptors (Lipinski definition) is 3. The molecule has 0 bridgehead atoms. The highest BCUT2D eigenvalue weighted by Crippen LogP contribution is 2.16. The van der Waals surface area contributed by atoms with Crippen LogP contribution in [0.25, 0.3) is 0 Å². The third-order valence-electron chi connectivity index (χ3n) is 2.07. The second-order valence-electron chi connectivity index (χ2n) is 3.24. The minimum absolute atomic E-state index is 0.207. The van der Waals surface area contributed by atoms with Crippen molar-refractivity contribution >= 4 is 23.2 Å². The molecule has 0 fully saturated rings. The maximum Gasteiger partial charge on any atom is 0.345 e. The number of pyridine rings is 1. The first-order chi connectivity index (χ1) is 7.58. The Kier molecular flexibility index (Phi) is 2.98. The SMILES string of the molecule is Cn1cnn(Cc2nc(Cl)ccc2Cl)c1=O. The summed E-state index contributed by atoms with van der Waals surface area (Å²) in [5, 5.41) is 4.70. The molecular formula is C9H8Cl2N4O. The van der Waals surface area contributed by atoms with E-state index in [0.717, 1.165) is 0 Å². The number of aromatic nitrogens is 4. The van der Waals surface area contributed by atoms with Gasteiger partial charge in [-0.3, -0.25) is 4.57 Å². The van der Waals surface area contributed by atoms with Gasteiger partial charge in [-0.15, -0.1) is 0 Å². The van der Waals surface area contributed by atoms with E-state index in [1.54, 1.807) is 19.2 Å². The summed E-state index contributed by atoms with van der Waals surface area (Å²) in [5.41, 5.74) is 0.299. The maximum absolute atomic E-state index is 11.5. The number of halogens is 2. The summed E-state index contributed by atoms with van der Waals surface area (Å²) in [7, 11) is 1.62. The normalized spacial score (nSPS) is 10.7.